The number of rotatable bonds is 5. The minimum atomic E-state index is -0.366. The molecule has 0 aliphatic rings. The molecule has 0 fully saturated rings. The first-order chi connectivity index (χ1) is 12.5. The fourth-order valence-corrected chi connectivity index (χ4v) is 3.22. The molecule has 1 heterocycles. The summed E-state index contributed by atoms with van der Waals surface area (Å²) in [4.78, 5) is 28.2. The molecule has 5 nitrogen and oxygen atoms in total. The molecule has 3 aromatic rings. The van der Waals surface area contributed by atoms with Crippen LogP contribution in [0.1, 0.15) is 28.4 Å². The van der Waals surface area contributed by atoms with E-state index in [4.69, 9.17) is 4.74 Å². The number of nitrogens with one attached hydrogen (secondary N) is 1. The molecular formula is C20H18N2O3S. The first-order valence-electron chi connectivity index (χ1n) is 8.18. The third-order valence-electron chi connectivity index (χ3n) is 3.63. The van der Waals surface area contributed by atoms with E-state index in [0.717, 1.165) is 15.8 Å². The van der Waals surface area contributed by atoms with E-state index >= 15 is 0 Å². The van der Waals surface area contributed by atoms with Gasteiger partial charge in [-0.3, -0.25) is 10.1 Å². The molecular weight excluding hydrogens is 348 g/mol. The van der Waals surface area contributed by atoms with E-state index in [-0.39, 0.29) is 11.9 Å². The van der Waals surface area contributed by atoms with Gasteiger partial charge in [0.1, 0.15) is 0 Å². The standard InChI is InChI=1S/C20H18N2O3S/c1-3-25-19(24)15-9-10-16-17(12-15)26-20(21-16)22-18(23)11-8-14-6-4-13(2)5-7-14/h4-12H,3H2,1-2H3,(H,21,22,23)/b11-8+. The van der Waals surface area contributed by atoms with Crippen molar-refractivity contribution in [2.24, 2.45) is 0 Å². The predicted molar refractivity (Wildman–Crippen MR) is 104 cm³/mol. The largest absolute Gasteiger partial charge is 0.462 e. The smallest absolute Gasteiger partial charge is 0.338 e. The number of nitrogens with zero attached hydrogens (tertiary/aromatic N) is 1. The average molecular weight is 366 g/mol. The number of ether oxygens (including phenoxy) is 1. The van der Waals surface area contributed by atoms with E-state index in [0.29, 0.717) is 17.3 Å². The van der Waals surface area contributed by atoms with Gasteiger partial charge in [-0.25, -0.2) is 9.78 Å². The number of benzene rings is 2. The minimum absolute atomic E-state index is 0.254. The molecule has 2 aromatic carbocycles. The SMILES string of the molecule is CCOC(=O)c1ccc2nc(NC(=O)/C=C/c3ccc(C)cc3)sc2c1. The number of aromatic nitrogens is 1. The van der Waals surface area contributed by atoms with Crippen molar-refractivity contribution in [2.45, 2.75) is 13.8 Å². The molecule has 0 atom stereocenters. The van der Waals surface area contributed by atoms with Crippen molar-refractivity contribution >= 4 is 44.6 Å². The van der Waals surface area contributed by atoms with Gasteiger partial charge < -0.3 is 4.74 Å². The molecule has 0 spiro atoms. The van der Waals surface area contributed by atoms with Crippen LogP contribution < -0.4 is 5.32 Å². The van der Waals surface area contributed by atoms with Crippen molar-refractivity contribution in [1.29, 1.82) is 0 Å². The van der Waals surface area contributed by atoms with Gasteiger partial charge in [0.2, 0.25) is 5.91 Å². The second-order valence-corrected chi connectivity index (χ2v) is 6.69. The molecule has 0 saturated heterocycles. The average Bonchev–Trinajstić information content (AvgIpc) is 3.02. The van der Waals surface area contributed by atoms with E-state index < -0.39 is 0 Å². The predicted octanol–water partition coefficient (Wildman–Crippen LogP) is 4.43. The van der Waals surface area contributed by atoms with E-state index in [1.54, 1.807) is 31.2 Å². The number of hydrogen-bond donors (Lipinski definition) is 1. The number of aryl methyl sites for hydroxylation is 1. The van der Waals surface area contributed by atoms with Crippen LogP contribution in [0.2, 0.25) is 0 Å². The first kappa shape index (κ1) is 17.8. The maximum Gasteiger partial charge on any atom is 0.338 e. The van der Waals surface area contributed by atoms with Crippen LogP contribution in [0.3, 0.4) is 0 Å². The number of hydrogen-bond acceptors (Lipinski definition) is 5. The van der Waals surface area contributed by atoms with E-state index in [2.05, 4.69) is 10.3 Å². The van der Waals surface area contributed by atoms with Crippen molar-refractivity contribution in [3.63, 3.8) is 0 Å². The van der Waals surface area contributed by atoms with Crippen LogP contribution in [0.25, 0.3) is 16.3 Å². The molecule has 0 unspecified atom stereocenters. The molecule has 1 aromatic heterocycles. The molecule has 0 radical (unpaired) electrons. The molecule has 26 heavy (non-hydrogen) atoms. The highest BCUT2D eigenvalue weighted by atomic mass is 32.1. The molecule has 132 valence electrons. The fourth-order valence-electron chi connectivity index (χ4n) is 2.32. The van der Waals surface area contributed by atoms with Gasteiger partial charge in [0, 0.05) is 6.08 Å². The Kier molecular flexibility index (Phi) is 5.43. The lowest BCUT2D eigenvalue weighted by Crippen LogP contribution is -2.07. The summed E-state index contributed by atoms with van der Waals surface area (Å²) in [6.07, 6.45) is 3.22. The summed E-state index contributed by atoms with van der Waals surface area (Å²) in [5.74, 6) is -0.621. The Morgan fingerprint density at radius 3 is 2.69 bits per heavy atom. The quantitative estimate of drug-likeness (QED) is 0.536. The third-order valence-corrected chi connectivity index (χ3v) is 4.57. The number of anilines is 1. The van der Waals surface area contributed by atoms with Crippen molar-refractivity contribution in [2.75, 3.05) is 11.9 Å². The van der Waals surface area contributed by atoms with Crippen molar-refractivity contribution in [3.05, 3.63) is 65.2 Å². The van der Waals surface area contributed by atoms with Crippen LogP contribution in [-0.2, 0) is 9.53 Å². The van der Waals surface area contributed by atoms with Crippen LogP contribution in [0, 0.1) is 6.92 Å². The lowest BCUT2D eigenvalue weighted by Gasteiger charge is -2.00. The summed E-state index contributed by atoms with van der Waals surface area (Å²) in [6.45, 7) is 4.11. The number of esters is 1. The molecule has 0 saturated carbocycles. The zero-order valence-electron chi connectivity index (χ0n) is 14.5. The number of thiazole rings is 1. The third kappa shape index (κ3) is 4.34. The molecule has 0 aliphatic carbocycles. The zero-order valence-corrected chi connectivity index (χ0v) is 15.3. The van der Waals surface area contributed by atoms with Crippen LogP contribution in [0.5, 0.6) is 0 Å². The Morgan fingerprint density at radius 2 is 1.96 bits per heavy atom. The van der Waals surface area contributed by atoms with Crippen LogP contribution in [-0.4, -0.2) is 23.5 Å². The molecule has 6 heteroatoms. The van der Waals surface area contributed by atoms with E-state index in [1.807, 2.05) is 31.2 Å². The highest BCUT2D eigenvalue weighted by molar-refractivity contribution is 7.22. The Bertz CT molecular complexity index is 974. The fraction of sp³-hybridized carbons (Fsp3) is 0.150. The number of carbonyl (C=O) groups is 2. The molecule has 3 rings (SSSR count). The van der Waals surface area contributed by atoms with Gasteiger partial charge in [-0.05, 0) is 43.7 Å². The van der Waals surface area contributed by atoms with E-state index in [9.17, 15) is 9.59 Å². The van der Waals surface area contributed by atoms with E-state index in [1.165, 1.54) is 23.0 Å². The highest BCUT2D eigenvalue weighted by Gasteiger charge is 2.11. The topological polar surface area (TPSA) is 68.3 Å². The number of carbonyl (C=O) groups excluding carboxylic acids is 2. The van der Waals surface area contributed by atoms with Crippen molar-refractivity contribution in [3.8, 4) is 0 Å². The molecule has 0 aliphatic heterocycles. The van der Waals surface area contributed by atoms with Crippen LogP contribution >= 0.6 is 11.3 Å². The summed E-state index contributed by atoms with van der Waals surface area (Å²) in [6, 6.07) is 13.0. The second-order valence-electron chi connectivity index (χ2n) is 5.66. The second kappa shape index (κ2) is 7.93. The molecule has 1 N–H and O–H groups in total. The normalized spacial score (nSPS) is 11.0. The van der Waals surface area contributed by atoms with Crippen LogP contribution in [0.15, 0.2) is 48.5 Å². The Morgan fingerprint density at radius 1 is 1.19 bits per heavy atom. The lowest BCUT2D eigenvalue weighted by atomic mass is 10.1. The minimum Gasteiger partial charge on any atom is -0.462 e. The number of fused-ring (bicyclic) bond motifs is 1. The lowest BCUT2D eigenvalue weighted by molar-refractivity contribution is -0.111. The van der Waals surface area contributed by atoms with Gasteiger partial charge in [0.05, 0.1) is 22.4 Å². The highest BCUT2D eigenvalue weighted by Crippen LogP contribution is 2.27. The van der Waals surface area contributed by atoms with Gasteiger partial charge in [-0.15, -0.1) is 0 Å². The Balaban J connectivity index is 1.71. The molecule has 1 amide bonds. The summed E-state index contributed by atoms with van der Waals surface area (Å²) in [7, 11) is 0. The van der Waals surface area contributed by atoms with Gasteiger partial charge in [0.25, 0.3) is 0 Å². The summed E-state index contributed by atoms with van der Waals surface area (Å²) in [5, 5.41) is 3.24. The maximum atomic E-state index is 12.1. The van der Waals surface area contributed by atoms with Crippen LogP contribution in [0.4, 0.5) is 5.13 Å². The summed E-state index contributed by atoms with van der Waals surface area (Å²) >= 11 is 1.31. The number of amides is 1. The van der Waals surface area contributed by atoms with Gasteiger partial charge in [-0.2, -0.15) is 0 Å². The zero-order chi connectivity index (χ0) is 18.5. The Hall–Kier alpha value is -2.99. The van der Waals surface area contributed by atoms with Gasteiger partial charge in [0.15, 0.2) is 5.13 Å². The summed E-state index contributed by atoms with van der Waals surface area (Å²) < 4.78 is 5.81. The first-order valence-corrected chi connectivity index (χ1v) is 9.00. The summed E-state index contributed by atoms with van der Waals surface area (Å²) in [5.41, 5.74) is 3.32. The maximum absolute atomic E-state index is 12.1. The van der Waals surface area contributed by atoms with Crippen molar-refractivity contribution < 1.29 is 14.3 Å². The van der Waals surface area contributed by atoms with Crippen molar-refractivity contribution in [1.82, 2.24) is 4.98 Å². The monoisotopic (exact) mass is 366 g/mol. The molecule has 0 bridgehead atoms. The van der Waals surface area contributed by atoms with Gasteiger partial charge >= 0.3 is 5.97 Å². The Labute approximate surface area is 155 Å². The van der Waals surface area contributed by atoms with Gasteiger partial charge in [-0.1, -0.05) is 41.2 Å².